The Balaban J connectivity index is 1.39. The van der Waals surface area contributed by atoms with Gasteiger partial charge in [0.1, 0.15) is 11.5 Å². The average molecular weight is 495 g/mol. The number of aryl methyl sites for hydroxylation is 2. The summed E-state index contributed by atoms with van der Waals surface area (Å²) in [7, 11) is 0. The lowest BCUT2D eigenvalue weighted by Gasteiger charge is -2.18. The summed E-state index contributed by atoms with van der Waals surface area (Å²) < 4.78 is 13.5. The highest BCUT2D eigenvalue weighted by Gasteiger charge is 2.15. The van der Waals surface area contributed by atoms with Crippen LogP contribution in [0.2, 0.25) is 5.02 Å². The monoisotopic (exact) mass is 494 g/mol. The lowest BCUT2D eigenvalue weighted by atomic mass is 10.0. The van der Waals surface area contributed by atoms with Crippen molar-refractivity contribution in [3.05, 3.63) is 82.2 Å². The highest BCUT2D eigenvalue weighted by atomic mass is 35.5. The van der Waals surface area contributed by atoms with Gasteiger partial charge in [0, 0.05) is 39.1 Å². The number of carbonyl (C=O) groups is 1. The first kappa shape index (κ1) is 24.1. The minimum atomic E-state index is -0.787. The largest absolute Gasteiger partial charge is 0.493 e. The molecule has 0 aliphatic rings. The number of aliphatic carboxylic acids is 1. The van der Waals surface area contributed by atoms with Crippen LogP contribution in [-0.2, 0) is 11.2 Å². The maximum absolute atomic E-state index is 10.8. The molecule has 1 atom stereocenters. The molecule has 1 N–H and O–H groups in total. The Bertz CT molecular complexity index is 1300. The summed E-state index contributed by atoms with van der Waals surface area (Å²) in [5.74, 6) is 0.796. The molecule has 6 heteroatoms. The fourth-order valence-electron chi connectivity index (χ4n) is 3.90. The second-order valence-corrected chi connectivity index (χ2v) is 9.68. The molecule has 0 radical (unpaired) electrons. The Morgan fingerprint density at radius 1 is 1.09 bits per heavy atom. The summed E-state index contributed by atoms with van der Waals surface area (Å²) in [6.07, 6.45) is 1.31. The normalized spacial score (nSPS) is 12.0. The molecule has 1 heterocycles. The van der Waals surface area contributed by atoms with Gasteiger partial charge in [-0.05, 0) is 73.2 Å². The molecule has 1 unspecified atom stereocenters. The maximum atomic E-state index is 10.8. The first-order valence-corrected chi connectivity index (χ1v) is 12.5. The quantitative estimate of drug-likeness (QED) is 0.244. The number of rotatable bonds is 10. The fourth-order valence-corrected chi connectivity index (χ4v) is 5.03. The van der Waals surface area contributed by atoms with Gasteiger partial charge in [0.25, 0.3) is 0 Å². The lowest BCUT2D eigenvalue weighted by molar-refractivity contribution is -0.136. The molecule has 0 spiro atoms. The van der Waals surface area contributed by atoms with Crippen molar-refractivity contribution in [1.29, 1.82) is 0 Å². The van der Waals surface area contributed by atoms with Crippen LogP contribution in [0.5, 0.6) is 11.5 Å². The van der Waals surface area contributed by atoms with E-state index in [-0.39, 0.29) is 12.5 Å². The molecule has 0 bridgehead atoms. The third-order valence-electron chi connectivity index (χ3n) is 5.76. The van der Waals surface area contributed by atoms with Gasteiger partial charge in [-0.15, -0.1) is 11.3 Å². The molecule has 0 saturated heterocycles. The second-order valence-electron chi connectivity index (χ2n) is 8.33. The van der Waals surface area contributed by atoms with Gasteiger partial charge in [0.2, 0.25) is 0 Å². The van der Waals surface area contributed by atoms with E-state index in [1.807, 2.05) is 62.4 Å². The molecule has 0 aliphatic heterocycles. The van der Waals surface area contributed by atoms with Crippen molar-refractivity contribution in [1.82, 2.24) is 0 Å². The van der Waals surface area contributed by atoms with Crippen LogP contribution >= 0.6 is 22.9 Å². The first-order valence-electron chi connectivity index (χ1n) is 11.3. The Morgan fingerprint density at radius 2 is 1.91 bits per heavy atom. The van der Waals surface area contributed by atoms with Crippen LogP contribution in [0.15, 0.2) is 66.0 Å². The molecule has 3 aromatic carbocycles. The van der Waals surface area contributed by atoms with Gasteiger partial charge < -0.3 is 14.6 Å². The lowest BCUT2D eigenvalue weighted by Crippen LogP contribution is -2.16. The maximum Gasteiger partial charge on any atom is 0.303 e. The van der Waals surface area contributed by atoms with Gasteiger partial charge in [0.05, 0.1) is 12.7 Å². The van der Waals surface area contributed by atoms with Crippen molar-refractivity contribution in [2.75, 3.05) is 6.61 Å². The third kappa shape index (κ3) is 5.91. The molecular formula is C28H27ClO4S. The van der Waals surface area contributed by atoms with Crippen LogP contribution in [0, 0.1) is 6.92 Å². The van der Waals surface area contributed by atoms with Gasteiger partial charge in [-0.1, -0.05) is 35.9 Å². The molecule has 0 amide bonds. The zero-order valence-corrected chi connectivity index (χ0v) is 20.8. The van der Waals surface area contributed by atoms with E-state index in [2.05, 4.69) is 17.5 Å². The number of halogens is 1. The Kier molecular flexibility index (Phi) is 7.76. The van der Waals surface area contributed by atoms with Crippen molar-refractivity contribution in [2.24, 2.45) is 0 Å². The predicted octanol–water partition coefficient (Wildman–Crippen LogP) is 7.78. The van der Waals surface area contributed by atoms with Crippen LogP contribution in [-0.4, -0.2) is 23.8 Å². The minimum absolute atomic E-state index is 0.0548. The third-order valence-corrected chi connectivity index (χ3v) is 6.95. The molecule has 4 rings (SSSR count). The average Bonchev–Trinajstić information content (AvgIpc) is 3.23. The number of fused-ring (bicyclic) bond motifs is 1. The van der Waals surface area contributed by atoms with Gasteiger partial charge in [-0.2, -0.15) is 0 Å². The fraction of sp³-hybridized carbons (Fsp3) is 0.250. The van der Waals surface area contributed by atoms with Crippen LogP contribution in [0.3, 0.4) is 0 Å². The molecule has 1 aromatic heterocycles. The number of hydrogen-bond donors (Lipinski definition) is 1. The predicted molar refractivity (Wildman–Crippen MR) is 140 cm³/mol. The molecule has 176 valence electrons. The van der Waals surface area contributed by atoms with E-state index in [4.69, 9.17) is 26.2 Å². The Hall–Kier alpha value is -3.02. The van der Waals surface area contributed by atoms with Crippen LogP contribution in [0.25, 0.3) is 21.2 Å². The summed E-state index contributed by atoms with van der Waals surface area (Å²) in [6.45, 7) is 4.53. The van der Waals surface area contributed by atoms with Gasteiger partial charge >= 0.3 is 5.97 Å². The van der Waals surface area contributed by atoms with Crippen LogP contribution < -0.4 is 9.47 Å². The highest BCUT2D eigenvalue weighted by Crippen LogP contribution is 2.40. The summed E-state index contributed by atoms with van der Waals surface area (Å²) >= 11 is 8.04. The minimum Gasteiger partial charge on any atom is -0.493 e. The number of carboxylic acid groups (broad SMARTS) is 1. The summed E-state index contributed by atoms with van der Waals surface area (Å²) in [5.41, 5.74) is 4.19. The van der Waals surface area contributed by atoms with E-state index in [1.165, 1.54) is 10.1 Å². The highest BCUT2D eigenvalue weighted by molar-refractivity contribution is 7.17. The summed E-state index contributed by atoms with van der Waals surface area (Å²) in [6, 6.07) is 19.9. The van der Waals surface area contributed by atoms with E-state index >= 15 is 0 Å². The molecule has 4 aromatic rings. The summed E-state index contributed by atoms with van der Waals surface area (Å²) in [5, 5.41) is 12.9. The van der Waals surface area contributed by atoms with Crippen molar-refractivity contribution < 1.29 is 19.4 Å². The standard InChI is InChI=1S/C28H27ClO4S/c1-18-15-22(10-7-20(18)8-12-28(30)31)32-14-13-19(2)33-26-11-9-21(29)16-24(26)25-17-34-27-6-4-3-5-23(25)27/h3-7,9-11,15-17,19H,8,12-14H2,1-2H3,(H,30,31). The molecule has 34 heavy (non-hydrogen) atoms. The number of hydrogen-bond acceptors (Lipinski definition) is 4. The topological polar surface area (TPSA) is 55.8 Å². The second kappa shape index (κ2) is 10.9. The zero-order chi connectivity index (χ0) is 24.1. The van der Waals surface area contributed by atoms with Crippen LogP contribution in [0.1, 0.15) is 30.9 Å². The van der Waals surface area contributed by atoms with Gasteiger partial charge in [0.15, 0.2) is 0 Å². The number of ether oxygens (including phenoxy) is 2. The number of carboxylic acids is 1. The van der Waals surface area contributed by atoms with E-state index in [0.717, 1.165) is 33.8 Å². The zero-order valence-electron chi connectivity index (χ0n) is 19.2. The molecule has 0 fully saturated rings. The molecular weight excluding hydrogens is 468 g/mol. The van der Waals surface area contributed by atoms with E-state index < -0.39 is 5.97 Å². The van der Waals surface area contributed by atoms with E-state index in [0.29, 0.717) is 24.5 Å². The van der Waals surface area contributed by atoms with Crippen molar-refractivity contribution in [2.45, 2.75) is 39.2 Å². The van der Waals surface area contributed by atoms with Crippen molar-refractivity contribution >= 4 is 39.0 Å². The summed E-state index contributed by atoms with van der Waals surface area (Å²) in [4.78, 5) is 10.8. The van der Waals surface area contributed by atoms with Gasteiger partial charge in [-0.3, -0.25) is 4.79 Å². The molecule has 0 saturated carbocycles. The Morgan fingerprint density at radius 3 is 2.71 bits per heavy atom. The number of benzene rings is 3. The number of thiophene rings is 1. The van der Waals surface area contributed by atoms with E-state index in [1.54, 1.807) is 11.3 Å². The SMILES string of the molecule is Cc1cc(OCCC(C)Oc2ccc(Cl)cc2-c2csc3ccccc23)ccc1CCC(=O)O. The van der Waals surface area contributed by atoms with E-state index in [9.17, 15) is 4.79 Å². The smallest absolute Gasteiger partial charge is 0.303 e. The van der Waals surface area contributed by atoms with Gasteiger partial charge in [-0.25, -0.2) is 0 Å². The van der Waals surface area contributed by atoms with Crippen molar-refractivity contribution in [3.8, 4) is 22.6 Å². The first-order chi connectivity index (χ1) is 16.4. The van der Waals surface area contributed by atoms with Crippen LogP contribution in [0.4, 0.5) is 0 Å². The molecule has 4 nitrogen and oxygen atoms in total. The molecule has 0 aliphatic carbocycles. The Labute approximate surface area is 208 Å². The van der Waals surface area contributed by atoms with Crippen molar-refractivity contribution in [3.63, 3.8) is 0 Å².